The monoisotopic (exact) mass is 336 g/mol. The average Bonchev–Trinajstić information content (AvgIpc) is 2.88. The van der Waals surface area contributed by atoms with Gasteiger partial charge in [-0.2, -0.15) is 0 Å². The van der Waals surface area contributed by atoms with Gasteiger partial charge in [0.15, 0.2) is 5.76 Å². The first-order chi connectivity index (χ1) is 11.2. The highest BCUT2D eigenvalue weighted by molar-refractivity contribution is 5.70. The molecule has 0 spiro atoms. The Morgan fingerprint density at radius 3 is 2.75 bits per heavy atom. The Bertz CT molecular complexity index is 781. The molecule has 128 valence electrons. The van der Waals surface area contributed by atoms with Crippen LogP contribution in [0.3, 0.4) is 0 Å². The maximum absolute atomic E-state index is 14.0. The van der Waals surface area contributed by atoms with Crippen LogP contribution in [0.25, 0.3) is 11.3 Å². The van der Waals surface area contributed by atoms with Gasteiger partial charge in [0, 0.05) is 24.6 Å². The Kier molecular flexibility index (Phi) is 4.03. The van der Waals surface area contributed by atoms with Crippen LogP contribution in [0.2, 0.25) is 0 Å². The molecule has 1 amide bonds. The fourth-order valence-electron chi connectivity index (χ4n) is 2.58. The fourth-order valence-corrected chi connectivity index (χ4v) is 2.58. The zero-order valence-electron chi connectivity index (χ0n) is 13.7. The van der Waals surface area contributed by atoms with Gasteiger partial charge in [0.05, 0.1) is 17.8 Å². The van der Waals surface area contributed by atoms with E-state index in [9.17, 15) is 13.6 Å². The lowest BCUT2D eigenvalue weighted by Gasteiger charge is -2.29. The molecule has 0 saturated carbocycles. The third kappa shape index (κ3) is 3.25. The van der Waals surface area contributed by atoms with Crippen molar-refractivity contribution in [1.82, 2.24) is 10.1 Å². The Morgan fingerprint density at radius 2 is 2.08 bits per heavy atom. The van der Waals surface area contributed by atoms with Gasteiger partial charge >= 0.3 is 6.09 Å². The number of amides is 1. The fraction of sp³-hybridized carbons (Fsp3) is 0.412. The van der Waals surface area contributed by atoms with Gasteiger partial charge in [-0.15, -0.1) is 0 Å². The lowest BCUT2D eigenvalue weighted by molar-refractivity contribution is 0.0224. The van der Waals surface area contributed by atoms with Crippen molar-refractivity contribution in [2.24, 2.45) is 0 Å². The van der Waals surface area contributed by atoms with E-state index in [0.29, 0.717) is 24.2 Å². The topological polar surface area (TPSA) is 55.6 Å². The van der Waals surface area contributed by atoms with E-state index in [-0.39, 0.29) is 17.9 Å². The first-order valence-corrected chi connectivity index (χ1v) is 7.65. The first-order valence-electron chi connectivity index (χ1n) is 7.65. The van der Waals surface area contributed by atoms with Crippen molar-refractivity contribution in [3.63, 3.8) is 0 Å². The van der Waals surface area contributed by atoms with Gasteiger partial charge < -0.3 is 14.2 Å². The minimum Gasteiger partial charge on any atom is -0.444 e. The highest BCUT2D eigenvalue weighted by Crippen LogP contribution is 2.32. The van der Waals surface area contributed by atoms with Crippen molar-refractivity contribution in [1.29, 1.82) is 0 Å². The minimum atomic E-state index is -0.733. The zero-order valence-corrected chi connectivity index (χ0v) is 13.7. The quantitative estimate of drug-likeness (QED) is 0.792. The van der Waals surface area contributed by atoms with Crippen LogP contribution >= 0.6 is 0 Å². The molecular weight excluding hydrogens is 318 g/mol. The molecule has 0 radical (unpaired) electrons. The predicted molar refractivity (Wildman–Crippen MR) is 82.2 cm³/mol. The number of halogens is 2. The first kappa shape index (κ1) is 16.4. The van der Waals surface area contributed by atoms with Crippen LogP contribution in [-0.4, -0.2) is 28.3 Å². The number of ether oxygens (including phenoxy) is 1. The largest absolute Gasteiger partial charge is 0.444 e. The van der Waals surface area contributed by atoms with Gasteiger partial charge in [-0.25, -0.2) is 13.6 Å². The zero-order chi connectivity index (χ0) is 17.5. The summed E-state index contributed by atoms with van der Waals surface area (Å²) in [6.07, 6.45) is 0.0424. The third-order valence-electron chi connectivity index (χ3n) is 3.66. The summed E-state index contributed by atoms with van der Waals surface area (Å²) >= 11 is 0. The second kappa shape index (κ2) is 5.89. The maximum Gasteiger partial charge on any atom is 0.410 e. The second-order valence-corrected chi connectivity index (χ2v) is 6.71. The summed E-state index contributed by atoms with van der Waals surface area (Å²) in [5, 5.41) is 3.95. The number of aromatic nitrogens is 1. The van der Waals surface area contributed by atoms with Crippen LogP contribution in [0.5, 0.6) is 0 Å². The lowest BCUT2D eigenvalue weighted by Crippen LogP contribution is -2.39. The molecule has 5 nitrogen and oxygen atoms in total. The molecule has 1 aliphatic rings. The van der Waals surface area contributed by atoms with Crippen LogP contribution < -0.4 is 0 Å². The Labute approximate surface area is 138 Å². The molecule has 3 rings (SSSR count). The number of carbonyl (C=O) groups is 1. The van der Waals surface area contributed by atoms with Gasteiger partial charge in [-0.3, -0.25) is 0 Å². The number of hydrogen-bond donors (Lipinski definition) is 0. The average molecular weight is 336 g/mol. The normalized spacial score (nSPS) is 14.5. The summed E-state index contributed by atoms with van der Waals surface area (Å²) < 4.78 is 37.8. The molecule has 0 N–H and O–H groups in total. The molecule has 1 aliphatic heterocycles. The smallest absolute Gasteiger partial charge is 0.410 e. The van der Waals surface area contributed by atoms with E-state index in [4.69, 9.17) is 9.26 Å². The molecule has 1 aromatic heterocycles. The van der Waals surface area contributed by atoms with Gasteiger partial charge in [-0.1, -0.05) is 5.16 Å². The standard InChI is InChI=1S/C17H18F2N2O3/c1-17(2,3)23-16(22)21-7-6-14-12(9-21)15(24-20-14)11-5-4-10(18)8-13(11)19/h4-5,8H,6-7,9H2,1-3H3. The Hall–Kier alpha value is -2.44. The molecule has 0 aliphatic carbocycles. The van der Waals surface area contributed by atoms with Crippen molar-refractivity contribution in [2.45, 2.75) is 39.3 Å². The minimum absolute atomic E-state index is 0.121. The number of carbonyl (C=O) groups excluding carboxylic acids is 1. The van der Waals surface area contributed by atoms with E-state index >= 15 is 0 Å². The maximum atomic E-state index is 14.0. The third-order valence-corrected chi connectivity index (χ3v) is 3.66. The Balaban J connectivity index is 1.89. The molecule has 1 aromatic carbocycles. The summed E-state index contributed by atoms with van der Waals surface area (Å²) in [6.45, 7) is 6.02. The van der Waals surface area contributed by atoms with E-state index in [1.54, 1.807) is 20.8 Å². The number of hydrogen-bond acceptors (Lipinski definition) is 4. The molecule has 0 bridgehead atoms. The molecular formula is C17H18F2N2O3. The molecule has 0 saturated heterocycles. The van der Waals surface area contributed by atoms with Crippen LogP contribution in [0, 0.1) is 11.6 Å². The Morgan fingerprint density at radius 1 is 1.33 bits per heavy atom. The number of benzene rings is 1. The van der Waals surface area contributed by atoms with Gasteiger partial charge in [0.25, 0.3) is 0 Å². The van der Waals surface area contributed by atoms with Crippen molar-refractivity contribution >= 4 is 6.09 Å². The summed E-state index contributed by atoms with van der Waals surface area (Å²) in [5.74, 6) is -1.18. The van der Waals surface area contributed by atoms with Crippen molar-refractivity contribution in [3.05, 3.63) is 41.1 Å². The number of nitrogens with zero attached hydrogens (tertiary/aromatic N) is 2. The molecule has 7 heteroatoms. The van der Waals surface area contributed by atoms with Crippen LogP contribution in [0.4, 0.5) is 13.6 Å². The van der Waals surface area contributed by atoms with Gasteiger partial charge in [0.1, 0.15) is 17.2 Å². The van der Waals surface area contributed by atoms with E-state index in [1.165, 1.54) is 11.0 Å². The van der Waals surface area contributed by atoms with E-state index < -0.39 is 23.3 Å². The molecule has 0 unspecified atom stereocenters. The summed E-state index contributed by atoms with van der Waals surface area (Å²) in [4.78, 5) is 13.8. The summed E-state index contributed by atoms with van der Waals surface area (Å²) in [7, 11) is 0. The van der Waals surface area contributed by atoms with Crippen LogP contribution in [0.15, 0.2) is 22.7 Å². The van der Waals surface area contributed by atoms with E-state index in [1.807, 2.05) is 0 Å². The van der Waals surface area contributed by atoms with Gasteiger partial charge in [0.2, 0.25) is 0 Å². The molecule has 24 heavy (non-hydrogen) atoms. The number of fused-ring (bicyclic) bond motifs is 1. The van der Waals surface area contributed by atoms with Crippen molar-refractivity contribution < 1.29 is 22.8 Å². The highest BCUT2D eigenvalue weighted by atomic mass is 19.1. The van der Waals surface area contributed by atoms with Crippen molar-refractivity contribution in [2.75, 3.05) is 6.54 Å². The molecule has 2 heterocycles. The van der Waals surface area contributed by atoms with Crippen LogP contribution in [-0.2, 0) is 17.7 Å². The molecule has 2 aromatic rings. The molecule has 0 fully saturated rings. The number of rotatable bonds is 1. The van der Waals surface area contributed by atoms with Crippen LogP contribution in [0.1, 0.15) is 32.0 Å². The molecule has 0 atom stereocenters. The SMILES string of the molecule is CC(C)(C)OC(=O)N1CCc2noc(-c3ccc(F)cc3F)c2C1. The lowest BCUT2D eigenvalue weighted by atomic mass is 10.0. The highest BCUT2D eigenvalue weighted by Gasteiger charge is 2.30. The van der Waals surface area contributed by atoms with Crippen molar-refractivity contribution in [3.8, 4) is 11.3 Å². The van der Waals surface area contributed by atoms with E-state index in [0.717, 1.165) is 12.1 Å². The summed E-state index contributed by atoms with van der Waals surface area (Å²) in [6, 6.07) is 3.25. The van der Waals surface area contributed by atoms with Gasteiger partial charge in [-0.05, 0) is 32.9 Å². The van der Waals surface area contributed by atoms with E-state index in [2.05, 4.69) is 5.16 Å². The summed E-state index contributed by atoms with van der Waals surface area (Å²) in [5.41, 5.74) is 0.820. The second-order valence-electron chi connectivity index (χ2n) is 6.71. The predicted octanol–water partition coefficient (Wildman–Crippen LogP) is 3.91.